The Morgan fingerprint density at radius 3 is 2.80 bits per heavy atom. The quantitative estimate of drug-likeness (QED) is 0.866. The molecule has 2 rings (SSSR count). The van der Waals surface area contributed by atoms with Crippen molar-refractivity contribution in [2.24, 2.45) is 0 Å². The molecule has 1 aromatic carbocycles. The van der Waals surface area contributed by atoms with E-state index in [2.05, 4.69) is 31.3 Å². The highest BCUT2D eigenvalue weighted by atomic mass is 16.5. The molecule has 1 aliphatic heterocycles. The van der Waals surface area contributed by atoms with E-state index in [9.17, 15) is 0 Å². The summed E-state index contributed by atoms with van der Waals surface area (Å²) in [5.74, 6) is 0.967. The van der Waals surface area contributed by atoms with Crippen LogP contribution in [0.25, 0.3) is 0 Å². The second kappa shape index (κ2) is 7.09. The van der Waals surface area contributed by atoms with E-state index in [1.54, 1.807) is 7.11 Å². The van der Waals surface area contributed by atoms with Gasteiger partial charge in [-0.05, 0) is 50.8 Å². The predicted octanol–water partition coefficient (Wildman–Crippen LogP) is 3.18. The highest BCUT2D eigenvalue weighted by Gasteiger charge is 2.36. The summed E-state index contributed by atoms with van der Waals surface area (Å²) < 4.78 is 11.6. The number of para-hydroxylation sites is 1. The van der Waals surface area contributed by atoms with Gasteiger partial charge in [0.25, 0.3) is 0 Å². The first kappa shape index (κ1) is 15.3. The molecule has 20 heavy (non-hydrogen) atoms. The molecule has 0 aromatic heterocycles. The predicted molar refractivity (Wildman–Crippen MR) is 82.4 cm³/mol. The van der Waals surface area contributed by atoms with Crippen LogP contribution in [0.3, 0.4) is 0 Å². The second-order valence-corrected chi connectivity index (χ2v) is 5.74. The lowest BCUT2D eigenvalue weighted by Crippen LogP contribution is -2.53. The largest absolute Gasteiger partial charge is 0.496 e. The van der Waals surface area contributed by atoms with Crippen LogP contribution in [0.5, 0.6) is 5.75 Å². The molecule has 0 saturated carbocycles. The van der Waals surface area contributed by atoms with Crippen LogP contribution in [0.2, 0.25) is 0 Å². The second-order valence-electron chi connectivity index (χ2n) is 5.74. The van der Waals surface area contributed by atoms with Crippen molar-refractivity contribution in [2.75, 3.05) is 20.3 Å². The summed E-state index contributed by atoms with van der Waals surface area (Å²) in [7, 11) is 1.74. The zero-order valence-electron chi connectivity index (χ0n) is 12.9. The molecule has 2 atom stereocenters. The third-order valence-electron chi connectivity index (χ3n) is 4.30. The third kappa shape index (κ3) is 3.53. The maximum absolute atomic E-state index is 6.12. The van der Waals surface area contributed by atoms with Gasteiger partial charge in [0.15, 0.2) is 0 Å². The van der Waals surface area contributed by atoms with Crippen molar-refractivity contribution in [1.82, 2.24) is 5.32 Å². The average Bonchev–Trinajstić information content (AvgIpc) is 2.48. The van der Waals surface area contributed by atoms with Crippen LogP contribution in [0.15, 0.2) is 24.3 Å². The lowest BCUT2D eigenvalue weighted by molar-refractivity contribution is -0.0881. The summed E-state index contributed by atoms with van der Waals surface area (Å²) in [6, 6.07) is 8.59. The van der Waals surface area contributed by atoms with Crippen LogP contribution in [-0.4, -0.2) is 31.9 Å². The zero-order chi connectivity index (χ0) is 14.4. The number of ether oxygens (including phenoxy) is 2. The molecule has 2 unspecified atom stereocenters. The van der Waals surface area contributed by atoms with Crippen LogP contribution in [-0.2, 0) is 11.2 Å². The van der Waals surface area contributed by atoms with Gasteiger partial charge in [-0.1, -0.05) is 25.1 Å². The molecule has 0 amide bonds. The topological polar surface area (TPSA) is 30.5 Å². The Labute approximate surface area is 122 Å². The van der Waals surface area contributed by atoms with Gasteiger partial charge in [-0.2, -0.15) is 0 Å². The molecule has 1 aromatic rings. The lowest BCUT2D eigenvalue weighted by Gasteiger charge is -2.41. The van der Waals surface area contributed by atoms with Crippen LogP contribution in [0.1, 0.15) is 38.7 Å². The van der Waals surface area contributed by atoms with Gasteiger partial charge in [0, 0.05) is 12.6 Å². The van der Waals surface area contributed by atoms with Gasteiger partial charge in [0.05, 0.1) is 12.7 Å². The number of likely N-dealkylation sites (N-methyl/N-ethyl adjacent to an activating group) is 1. The number of hydrogen-bond acceptors (Lipinski definition) is 3. The van der Waals surface area contributed by atoms with E-state index >= 15 is 0 Å². The Morgan fingerprint density at radius 2 is 2.15 bits per heavy atom. The number of rotatable bonds is 6. The molecular weight excluding hydrogens is 250 g/mol. The summed E-state index contributed by atoms with van der Waals surface area (Å²) in [6.45, 7) is 6.24. The molecule has 0 spiro atoms. The number of nitrogens with one attached hydrogen (secondary N) is 1. The minimum Gasteiger partial charge on any atom is -0.496 e. The molecule has 0 bridgehead atoms. The highest BCUT2D eigenvalue weighted by molar-refractivity contribution is 5.34. The standard InChI is InChI=1S/C17H27NO2/c1-4-18-16(17(2)11-7-8-12-20-17)13-14-9-5-6-10-15(14)19-3/h5-6,9-10,16,18H,4,7-8,11-13H2,1-3H3. The summed E-state index contributed by atoms with van der Waals surface area (Å²) in [5, 5.41) is 3.61. The number of methoxy groups -OCH3 is 1. The molecule has 0 radical (unpaired) electrons. The zero-order valence-corrected chi connectivity index (χ0v) is 12.9. The fourth-order valence-corrected chi connectivity index (χ4v) is 3.07. The lowest BCUT2D eigenvalue weighted by atomic mass is 9.84. The fourth-order valence-electron chi connectivity index (χ4n) is 3.07. The molecule has 112 valence electrons. The normalized spacial score (nSPS) is 24.4. The smallest absolute Gasteiger partial charge is 0.122 e. The minimum absolute atomic E-state index is 0.0743. The fraction of sp³-hybridized carbons (Fsp3) is 0.647. The minimum atomic E-state index is -0.0743. The Kier molecular flexibility index (Phi) is 5.44. The molecule has 1 N–H and O–H groups in total. The van der Waals surface area contributed by atoms with Crippen molar-refractivity contribution in [2.45, 2.75) is 51.2 Å². The summed E-state index contributed by atoms with van der Waals surface area (Å²) in [5.41, 5.74) is 1.17. The first-order valence-corrected chi connectivity index (χ1v) is 7.69. The Morgan fingerprint density at radius 1 is 1.35 bits per heavy atom. The summed E-state index contributed by atoms with van der Waals surface area (Å²) >= 11 is 0. The van der Waals surface area contributed by atoms with Gasteiger partial charge in [-0.3, -0.25) is 0 Å². The van der Waals surface area contributed by atoms with Gasteiger partial charge in [0.2, 0.25) is 0 Å². The van der Waals surface area contributed by atoms with Crippen molar-refractivity contribution >= 4 is 0 Å². The molecule has 1 heterocycles. The summed E-state index contributed by atoms with van der Waals surface area (Å²) in [4.78, 5) is 0. The SMILES string of the molecule is CCNC(Cc1ccccc1OC)C1(C)CCCCO1. The monoisotopic (exact) mass is 277 g/mol. The maximum atomic E-state index is 6.12. The highest BCUT2D eigenvalue weighted by Crippen LogP contribution is 2.31. The molecule has 1 fully saturated rings. The molecule has 1 aliphatic rings. The van der Waals surface area contributed by atoms with E-state index in [1.165, 1.54) is 18.4 Å². The van der Waals surface area contributed by atoms with Crippen LogP contribution in [0.4, 0.5) is 0 Å². The number of hydrogen-bond donors (Lipinski definition) is 1. The van der Waals surface area contributed by atoms with E-state index in [0.717, 1.165) is 31.7 Å². The first-order valence-electron chi connectivity index (χ1n) is 7.69. The van der Waals surface area contributed by atoms with E-state index in [-0.39, 0.29) is 5.60 Å². The van der Waals surface area contributed by atoms with Crippen LogP contribution < -0.4 is 10.1 Å². The van der Waals surface area contributed by atoms with Crippen molar-refractivity contribution in [3.05, 3.63) is 29.8 Å². The van der Waals surface area contributed by atoms with Gasteiger partial charge in [-0.25, -0.2) is 0 Å². The molecular formula is C17H27NO2. The molecule has 3 nitrogen and oxygen atoms in total. The number of benzene rings is 1. The van der Waals surface area contributed by atoms with Gasteiger partial charge >= 0.3 is 0 Å². The van der Waals surface area contributed by atoms with Crippen molar-refractivity contribution in [3.8, 4) is 5.75 Å². The van der Waals surface area contributed by atoms with E-state index in [4.69, 9.17) is 9.47 Å². The average molecular weight is 277 g/mol. The maximum Gasteiger partial charge on any atom is 0.122 e. The Hall–Kier alpha value is -1.06. The third-order valence-corrected chi connectivity index (χ3v) is 4.30. The van der Waals surface area contributed by atoms with Gasteiger partial charge in [-0.15, -0.1) is 0 Å². The van der Waals surface area contributed by atoms with Crippen molar-refractivity contribution < 1.29 is 9.47 Å². The Balaban J connectivity index is 2.16. The van der Waals surface area contributed by atoms with Gasteiger partial charge < -0.3 is 14.8 Å². The van der Waals surface area contributed by atoms with Crippen molar-refractivity contribution in [3.63, 3.8) is 0 Å². The van der Waals surface area contributed by atoms with Crippen LogP contribution >= 0.6 is 0 Å². The Bertz CT molecular complexity index is 413. The van der Waals surface area contributed by atoms with Crippen molar-refractivity contribution in [1.29, 1.82) is 0 Å². The van der Waals surface area contributed by atoms with Crippen LogP contribution in [0, 0.1) is 0 Å². The molecule has 0 aliphatic carbocycles. The van der Waals surface area contributed by atoms with Gasteiger partial charge in [0.1, 0.15) is 5.75 Å². The van der Waals surface area contributed by atoms with E-state index in [0.29, 0.717) is 6.04 Å². The van der Waals surface area contributed by atoms with E-state index < -0.39 is 0 Å². The van der Waals surface area contributed by atoms with E-state index in [1.807, 2.05) is 12.1 Å². The molecule has 1 saturated heterocycles. The summed E-state index contributed by atoms with van der Waals surface area (Å²) in [6.07, 6.45) is 4.50. The molecule has 3 heteroatoms. The first-order chi connectivity index (χ1) is 9.69.